The first-order chi connectivity index (χ1) is 8.94. The molecule has 0 aliphatic carbocycles. The first-order valence-corrected chi connectivity index (χ1v) is 5.50. The molecule has 0 aliphatic rings. The minimum absolute atomic E-state index is 0.155. The summed E-state index contributed by atoms with van der Waals surface area (Å²) in [6, 6.07) is 4.28. The molecule has 4 N–H and O–H groups in total. The van der Waals surface area contributed by atoms with Crippen molar-refractivity contribution in [3.05, 3.63) is 30.2 Å². The van der Waals surface area contributed by atoms with Gasteiger partial charge in [-0.1, -0.05) is 0 Å². The third-order valence-corrected chi connectivity index (χ3v) is 2.63. The van der Waals surface area contributed by atoms with Gasteiger partial charge in [-0.2, -0.15) is 0 Å². The molecule has 2 aromatic rings. The smallest absolute Gasteiger partial charge is 0.287 e. The summed E-state index contributed by atoms with van der Waals surface area (Å²) in [6.45, 7) is -2.21. The van der Waals surface area contributed by atoms with Crippen molar-refractivity contribution < 1.29 is 18.3 Å². The van der Waals surface area contributed by atoms with E-state index in [0.717, 1.165) is 6.07 Å². The third-order valence-electron chi connectivity index (χ3n) is 2.63. The minimum Gasteiger partial charge on any atom is -0.398 e. The lowest BCUT2D eigenvalue weighted by Crippen LogP contribution is -2.31. The van der Waals surface area contributed by atoms with Crippen molar-refractivity contribution in [2.45, 2.75) is 5.92 Å². The second kappa shape index (κ2) is 4.93. The van der Waals surface area contributed by atoms with E-state index in [4.69, 9.17) is 10.8 Å². The number of alkyl halides is 2. The highest BCUT2D eigenvalue weighted by Crippen LogP contribution is 2.30. The van der Waals surface area contributed by atoms with E-state index in [0.29, 0.717) is 5.39 Å². The fraction of sp³-hybridized carbons (Fsp3) is 0.250. The summed E-state index contributed by atoms with van der Waals surface area (Å²) in [7, 11) is 0. The highest BCUT2D eigenvalue weighted by Gasteiger charge is 2.28. The minimum atomic E-state index is -3.34. The van der Waals surface area contributed by atoms with Gasteiger partial charge < -0.3 is 16.2 Å². The lowest BCUT2D eigenvalue weighted by molar-refractivity contribution is -0.0373. The molecule has 0 saturated carbocycles. The molecule has 0 saturated heterocycles. The van der Waals surface area contributed by atoms with Crippen LogP contribution in [0.2, 0.25) is 0 Å². The van der Waals surface area contributed by atoms with E-state index in [2.05, 4.69) is 10.3 Å². The molecule has 1 aromatic carbocycles. The van der Waals surface area contributed by atoms with Gasteiger partial charge in [0.25, 0.3) is 5.92 Å². The Morgan fingerprint density at radius 1 is 1.42 bits per heavy atom. The lowest BCUT2D eigenvalue weighted by atomic mass is 10.1. The largest absolute Gasteiger partial charge is 0.398 e. The van der Waals surface area contributed by atoms with Gasteiger partial charge in [0.15, 0.2) is 5.82 Å². The number of aliphatic hydroxyl groups is 1. The Bertz CT molecular complexity index is 604. The van der Waals surface area contributed by atoms with Crippen molar-refractivity contribution in [1.82, 2.24) is 4.98 Å². The number of pyridine rings is 1. The number of nitrogens with zero attached hydrogens (tertiary/aromatic N) is 1. The molecule has 0 bridgehead atoms. The van der Waals surface area contributed by atoms with Crippen LogP contribution in [-0.2, 0) is 0 Å². The van der Waals surface area contributed by atoms with Gasteiger partial charge in [0, 0.05) is 17.3 Å². The van der Waals surface area contributed by atoms with Crippen LogP contribution in [0.1, 0.15) is 0 Å². The summed E-state index contributed by atoms with van der Waals surface area (Å²) in [5.41, 5.74) is 5.84. The SMILES string of the molecule is Nc1cc(F)c(NCC(F)(F)CO)c2ncccc12. The average Bonchev–Trinajstić information content (AvgIpc) is 2.38. The summed E-state index contributed by atoms with van der Waals surface area (Å²) in [5, 5.41) is 11.2. The molecule has 1 aromatic heterocycles. The molecular weight excluding hydrogens is 259 g/mol. The molecule has 0 atom stereocenters. The van der Waals surface area contributed by atoms with Crippen LogP contribution in [0.25, 0.3) is 10.9 Å². The standard InChI is InChI=1S/C12H12F3N3O/c13-8-4-9(16)7-2-1-3-17-10(7)11(8)18-5-12(14,15)6-19/h1-4,18-19H,5-6,16H2. The Balaban J connectivity index is 2.43. The Labute approximate surface area is 107 Å². The van der Waals surface area contributed by atoms with Gasteiger partial charge in [-0.25, -0.2) is 13.2 Å². The molecule has 0 unspecified atom stereocenters. The number of benzene rings is 1. The predicted octanol–water partition coefficient (Wildman–Crippen LogP) is 2.00. The van der Waals surface area contributed by atoms with Gasteiger partial charge in [0.05, 0.1) is 17.7 Å². The number of aromatic nitrogens is 1. The van der Waals surface area contributed by atoms with Crippen molar-refractivity contribution in [3.63, 3.8) is 0 Å². The van der Waals surface area contributed by atoms with E-state index in [1.165, 1.54) is 6.20 Å². The van der Waals surface area contributed by atoms with Crippen molar-refractivity contribution in [3.8, 4) is 0 Å². The van der Waals surface area contributed by atoms with Gasteiger partial charge in [0.2, 0.25) is 0 Å². The van der Waals surface area contributed by atoms with Crippen molar-refractivity contribution >= 4 is 22.3 Å². The van der Waals surface area contributed by atoms with Crippen LogP contribution >= 0.6 is 0 Å². The van der Waals surface area contributed by atoms with Gasteiger partial charge in [-0.05, 0) is 18.2 Å². The molecule has 0 fully saturated rings. The molecule has 0 spiro atoms. The molecule has 0 amide bonds. The normalized spacial score (nSPS) is 11.8. The highest BCUT2D eigenvalue weighted by molar-refractivity contribution is 5.98. The first kappa shape index (κ1) is 13.4. The predicted molar refractivity (Wildman–Crippen MR) is 66.6 cm³/mol. The van der Waals surface area contributed by atoms with Crippen molar-refractivity contribution in [2.24, 2.45) is 0 Å². The molecule has 4 nitrogen and oxygen atoms in total. The van der Waals surface area contributed by atoms with Gasteiger partial charge in [-0.3, -0.25) is 4.98 Å². The molecule has 19 heavy (non-hydrogen) atoms. The Morgan fingerprint density at radius 3 is 2.84 bits per heavy atom. The summed E-state index contributed by atoms with van der Waals surface area (Å²) >= 11 is 0. The molecular formula is C12H12F3N3O. The van der Waals surface area contributed by atoms with Crippen LogP contribution in [0.5, 0.6) is 0 Å². The average molecular weight is 271 g/mol. The second-order valence-corrected chi connectivity index (χ2v) is 4.09. The number of rotatable bonds is 4. The number of hydrogen-bond acceptors (Lipinski definition) is 4. The van der Waals surface area contributed by atoms with Gasteiger partial charge in [-0.15, -0.1) is 0 Å². The zero-order chi connectivity index (χ0) is 14.0. The number of nitrogens with two attached hydrogens (primary N) is 1. The molecule has 0 radical (unpaired) electrons. The summed E-state index contributed by atoms with van der Waals surface area (Å²) in [6.07, 6.45) is 1.41. The molecule has 2 rings (SSSR count). The molecule has 1 heterocycles. The number of anilines is 2. The highest BCUT2D eigenvalue weighted by atomic mass is 19.3. The van der Waals surface area contributed by atoms with Crippen LogP contribution in [0.3, 0.4) is 0 Å². The molecule has 7 heteroatoms. The van der Waals surface area contributed by atoms with Gasteiger partial charge in [0.1, 0.15) is 6.61 Å². The van der Waals surface area contributed by atoms with Crippen LogP contribution in [-0.4, -0.2) is 29.2 Å². The zero-order valence-corrected chi connectivity index (χ0v) is 9.83. The summed E-state index contributed by atoms with van der Waals surface area (Å²) in [4.78, 5) is 3.94. The van der Waals surface area contributed by atoms with Crippen molar-refractivity contribution in [1.29, 1.82) is 0 Å². The quantitative estimate of drug-likeness (QED) is 0.744. The van der Waals surface area contributed by atoms with Crippen LogP contribution < -0.4 is 11.1 Å². The number of nitrogen functional groups attached to an aromatic ring is 1. The monoisotopic (exact) mass is 271 g/mol. The number of halogens is 3. The van der Waals surface area contributed by atoms with E-state index in [1.54, 1.807) is 12.1 Å². The summed E-state index contributed by atoms with van der Waals surface area (Å²) in [5.74, 6) is -4.10. The van der Waals surface area contributed by atoms with E-state index < -0.39 is 24.9 Å². The topological polar surface area (TPSA) is 71.2 Å². The Hall–Kier alpha value is -2.02. The Kier molecular flexibility index (Phi) is 3.48. The first-order valence-electron chi connectivity index (χ1n) is 5.50. The third kappa shape index (κ3) is 2.70. The van der Waals surface area contributed by atoms with Gasteiger partial charge >= 0.3 is 0 Å². The van der Waals surface area contributed by atoms with Crippen LogP contribution in [0.15, 0.2) is 24.4 Å². The molecule has 0 aliphatic heterocycles. The number of aliphatic hydroxyl groups excluding tert-OH is 1. The number of hydrogen-bond donors (Lipinski definition) is 3. The maximum Gasteiger partial charge on any atom is 0.287 e. The lowest BCUT2D eigenvalue weighted by Gasteiger charge is -2.16. The number of nitrogens with one attached hydrogen (secondary N) is 1. The zero-order valence-electron chi connectivity index (χ0n) is 9.83. The van der Waals surface area contributed by atoms with E-state index in [9.17, 15) is 13.2 Å². The summed E-state index contributed by atoms with van der Waals surface area (Å²) < 4.78 is 39.7. The van der Waals surface area contributed by atoms with E-state index in [-0.39, 0.29) is 16.9 Å². The van der Waals surface area contributed by atoms with Crippen molar-refractivity contribution in [2.75, 3.05) is 24.2 Å². The maximum atomic E-state index is 13.8. The Morgan fingerprint density at radius 2 is 2.16 bits per heavy atom. The van der Waals surface area contributed by atoms with E-state index >= 15 is 0 Å². The van der Waals surface area contributed by atoms with Crippen LogP contribution in [0, 0.1) is 5.82 Å². The van der Waals surface area contributed by atoms with Crippen LogP contribution in [0.4, 0.5) is 24.5 Å². The molecule has 102 valence electrons. The fourth-order valence-corrected chi connectivity index (χ4v) is 1.68. The maximum absolute atomic E-state index is 13.8. The second-order valence-electron chi connectivity index (χ2n) is 4.09. The number of fused-ring (bicyclic) bond motifs is 1. The fourth-order valence-electron chi connectivity index (χ4n) is 1.68. The van der Waals surface area contributed by atoms with E-state index in [1.807, 2.05) is 0 Å².